The van der Waals surface area contributed by atoms with Crippen LogP contribution in [0.4, 0.5) is 8.28 Å². The zero-order chi connectivity index (χ0) is 8.54. The van der Waals surface area contributed by atoms with Gasteiger partial charge in [-0.3, -0.25) is 0 Å². The lowest BCUT2D eigenvalue weighted by Crippen LogP contribution is -2.32. The molecule has 1 aliphatic carbocycles. The van der Waals surface area contributed by atoms with Crippen molar-refractivity contribution >= 4 is 10.2 Å². The van der Waals surface area contributed by atoms with E-state index < -0.39 is 15.2 Å². The fourth-order valence-electron chi connectivity index (χ4n) is 1.32. The summed E-state index contributed by atoms with van der Waals surface area (Å²) in [5.41, 5.74) is 0. The molecule has 1 rings (SSSR count). The molecule has 0 saturated heterocycles. The Kier molecular flexibility index (Phi) is 2.18. The molecule has 0 radical (unpaired) electrons. The van der Waals surface area contributed by atoms with Gasteiger partial charge in [-0.2, -0.15) is 8.42 Å². The normalized spacial score (nSPS) is 24.9. The van der Waals surface area contributed by atoms with E-state index in [9.17, 15) is 16.7 Å². The van der Waals surface area contributed by atoms with Gasteiger partial charge >= 0.3 is 10.2 Å². The maximum absolute atomic E-state index is 13.1. The molecule has 0 bridgehead atoms. The Morgan fingerprint density at radius 3 is 1.82 bits per heavy atom. The molecule has 0 spiro atoms. The lowest BCUT2D eigenvalue weighted by molar-refractivity contribution is 0.188. The highest BCUT2D eigenvalue weighted by molar-refractivity contribution is 7.87. The van der Waals surface area contributed by atoms with Crippen molar-refractivity contribution in [3.05, 3.63) is 0 Å². The molecule has 11 heavy (non-hydrogen) atoms. The second kappa shape index (κ2) is 2.69. The minimum absolute atomic E-state index is 0.189. The summed E-state index contributed by atoms with van der Waals surface area (Å²) >= 11 is 0. The summed E-state index contributed by atoms with van der Waals surface area (Å²) in [6.07, 6.45) is 1.33. The molecule has 0 aromatic carbocycles. The summed E-state index contributed by atoms with van der Waals surface area (Å²) < 4.78 is 45.9. The molecule has 66 valence electrons. The number of hydrogen-bond donors (Lipinski definition) is 0. The zero-order valence-electron chi connectivity index (χ0n) is 6.02. The van der Waals surface area contributed by atoms with Crippen molar-refractivity contribution in [1.29, 1.82) is 0 Å². The maximum Gasteiger partial charge on any atom is 0.337 e. The van der Waals surface area contributed by atoms with Crippen LogP contribution in [0.2, 0.25) is 0 Å². The van der Waals surface area contributed by atoms with E-state index in [0.717, 1.165) is 6.42 Å². The Hall–Kier alpha value is -0.190. The quantitative estimate of drug-likeness (QED) is 0.583. The van der Waals surface area contributed by atoms with Crippen molar-refractivity contribution in [2.24, 2.45) is 0 Å². The van der Waals surface area contributed by atoms with Gasteiger partial charge in [0.2, 0.25) is 5.00 Å². The molecular formula is C6H10F2O2S. The Labute approximate surface area is 64.8 Å². The molecule has 2 nitrogen and oxygen atoms in total. The second-order valence-electron chi connectivity index (χ2n) is 2.88. The predicted octanol–water partition coefficient (Wildman–Crippen LogP) is 1.92. The zero-order valence-corrected chi connectivity index (χ0v) is 6.83. The van der Waals surface area contributed by atoms with Gasteiger partial charge in [0.25, 0.3) is 0 Å². The molecule has 1 fully saturated rings. The van der Waals surface area contributed by atoms with Crippen LogP contribution >= 0.6 is 0 Å². The van der Waals surface area contributed by atoms with Gasteiger partial charge in [0.1, 0.15) is 0 Å². The SMILES string of the molecule is O=S(=O)(F)C1(F)CCCCC1. The molecule has 0 aromatic heterocycles. The third-order valence-corrected chi connectivity index (χ3v) is 3.32. The van der Waals surface area contributed by atoms with Crippen molar-refractivity contribution in [3.63, 3.8) is 0 Å². The van der Waals surface area contributed by atoms with E-state index in [2.05, 4.69) is 0 Å². The molecule has 0 N–H and O–H groups in total. The van der Waals surface area contributed by atoms with E-state index in [1.807, 2.05) is 0 Å². The standard InChI is InChI=1S/C6H10F2O2S/c7-6(11(8,9)10)4-2-1-3-5-6/h1-5H2. The topological polar surface area (TPSA) is 34.1 Å². The molecule has 0 heterocycles. The first-order chi connectivity index (χ1) is 4.96. The van der Waals surface area contributed by atoms with E-state index in [-0.39, 0.29) is 12.8 Å². The highest BCUT2D eigenvalue weighted by Crippen LogP contribution is 2.37. The smallest absolute Gasteiger partial charge is 0.223 e. The van der Waals surface area contributed by atoms with Crippen LogP contribution in [0.25, 0.3) is 0 Å². The first kappa shape index (κ1) is 8.90. The first-order valence-corrected chi connectivity index (χ1v) is 4.97. The van der Waals surface area contributed by atoms with Gasteiger partial charge in [-0.1, -0.05) is 6.42 Å². The molecule has 1 saturated carbocycles. The lowest BCUT2D eigenvalue weighted by atomic mass is 9.98. The van der Waals surface area contributed by atoms with Crippen LogP contribution in [0.5, 0.6) is 0 Å². The van der Waals surface area contributed by atoms with Crippen LogP contribution < -0.4 is 0 Å². The van der Waals surface area contributed by atoms with Crippen molar-refractivity contribution in [2.45, 2.75) is 37.1 Å². The van der Waals surface area contributed by atoms with Crippen molar-refractivity contribution in [2.75, 3.05) is 0 Å². The van der Waals surface area contributed by atoms with Crippen molar-refractivity contribution < 1.29 is 16.7 Å². The van der Waals surface area contributed by atoms with Gasteiger partial charge in [0.05, 0.1) is 0 Å². The fourth-order valence-corrected chi connectivity index (χ4v) is 2.10. The molecule has 5 heteroatoms. The number of alkyl halides is 1. The molecule has 1 aliphatic rings. The first-order valence-electron chi connectivity index (χ1n) is 3.59. The molecular weight excluding hydrogens is 174 g/mol. The van der Waals surface area contributed by atoms with E-state index >= 15 is 0 Å². The van der Waals surface area contributed by atoms with Crippen LogP contribution in [0.1, 0.15) is 32.1 Å². The van der Waals surface area contributed by atoms with Crippen LogP contribution in [0, 0.1) is 0 Å². The largest absolute Gasteiger partial charge is 0.337 e. The Morgan fingerprint density at radius 1 is 1.09 bits per heavy atom. The van der Waals surface area contributed by atoms with E-state index in [0.29, 0.717) is 12.8 Å². The van der Waals surface area contributed by atoms with Gasteiger partial charge < -0.3 is 0 Å². The summed E-state index contributed by atoms with van der Waals surface area (Å²) in [6.45, 7) is 0. The maximum atomic E-state index is 13.1. The van der Waals surface area contributed by atoms with Crippen LogP contribution in [0.15, 0.2) is 0 Å². The number of rotatable bonds is 1. The predicted molar refractivity (Wildman–Crippen MR) is 37.0 cm³/mol. The molecule has 0 amide bonds. The minimum atomic E-state index is -4.99. The van der Waals surface area contributed by atoms with Gasteiger partial charge in [0, 0.05) is 0 Å². The van der Waals surface area contributed by atoms with Gasteiger partial charge in [-0.15, -0.1) is 3.89 Å². The van der Waals surface area contributed by atoms with E-state index in [1.165, 1.54) is 0 Å². The van der Waals surface area contributed by atoms with E-state index in [1.54, 1.807) is 0 Å². The highest BCUT2D eigenvalue weighted by atomic mass is 32.3. The Morgan fingerprint density at radius 2 is 1.55 bits per heavy atom. The summed E-state index contributed by atoms with van der Waals surface area (Å²) in [7, 11) is -4.99. The lowest BCUT2D eigenvalue weighted by Gasteiger charge is -2.24. The summed E-state index contributed by atoms with van der Waals surface area (Å²) in [6, 6.07) is 0. The number of halogens is 2. The number of hydrogen-bond acceptors (Lipinski definition) is 2. The average Bonchev–Trinajstić information content (AvgIpc) is 1.87. The highest BCUT2D eigenvalue weighted by Gasteiger charge is 2.45. The van der Waals surface area contributed by atoms with Crippen LogP contribution in [-0.4, -0.2) is 13.4 Å². The van der Waals surface area contributed by atoms with Crippen LogP contribution in [-0.2, 0) is 10.2 Å². The average molecular weight is 184 g/mol. The van der Waals surface area contributed by atoms with Crippen molar-refractivity contribution in [3.8, 4) is 0 Å². The van der Waals surface area contributed by atoms with Crippen LogP contribution in [0.3, 0.4) is 0 Å². The fraction of sp³-hybridized carbons (Fsp3) is 1.00. The third-order valence-electron chi connectivity index (χ3n) is 2.04. The third kappa shape index (κ3) is 1.69. The van der Waals surface area contributed by atoms with Gasteiger partial charge in [-0.25, -0.2) is 4.39 Å². The summed E-state index contributed by atoms with van der Waals surface area (Å²) in [4.78, 5) is 0. The molecule has 0 unspecified atom stereocenters. The van der Waals surface area contributed by atoms with Gasteiger partial charge in [0.15, 0.2) is 0 Å². The second-order valence-corrected chi connectivity index (χ2v) is 4.49. The monoisotopic (exact) mass is 184 g/mol. The van der Waals surface area contributed by atoms with E-state index in [4.69, 9.17) is 0 Å². The molecule has 0 aliphatic heterocycles. The Balaban J connectivity index is 2.81. The summed E-state index contributed by atoms with van der Waals surface area (Å²) in [5.74, 6) is 0. The van der Waals surface area contributed by atoms with Gasteiger partial charge in [-0.05, 0) is 25.7 Å². The van der Waals surface area contributed by atoms with Crippen molar-refractivity contribution in [1.82, 2.24) is 0 Å². The minimum Gasteiger partial charge on any atom is -0.223 e. The summed E-state index contributed by atoms with van der Waals surface area (Å²) in [5, 5.41) is -2.58. The molecule has 0 atom stereocenters. The molecule has 0 aromatic rings. The Bertz CT molecular complexity index is 229.